The van der Waals surface area contributed by atoms with E-state index in [0.29, 0.717) is 12.5 Å². The average Bonchev–Trinajstić information content (AvgIpc) is 2.48. The Morgan fingerprint density at radius 2 is 2.33 bits per heavy atom. The van der Waals surface area contributed by atoms with Crippen LogP contribution in [0.4, 0.5) is 0 Å². The minimum absolute atomic E-state index is 0.123. The van der Waals surface area contributed by atoms with E-state index in [1.807, 2.05) is 6.92 Å². The van der Waals surface area contributed by atoms with Crippen LogP contribution in [0.5, 0.6) is 0 Å². The molecule has 1 aliphatic carbocycles. The first kappa shape index (κ1) is 16.5. The van der Waals surface area contributed by atoms with E-state index in [2.05, 4.69) is 16.3 Å². The fraction of sp³-hybridized carbons (Fsp3) is 0.824. The molecule has 2 rings (SSSR count). The number of aliphatic hydroxyl groups excluding tert-OH is 1. The summed E-state index contributed by atoms with van der Waals surface area (Å²) in [6, 6.07) is 0. The number of hydrogen-bond acceptors (Lipinski definition) is 3. The Morgan fingerprint density at radius 3 is 3.05 bits per heavy atom. The van der Waals surface area contributed by atoms with E-state index >= 15 is 0 Å². The van der Waals surface area contributed by atoms with Crippen LogP contribution in [-0.2, 0) is 4.79 Å². The van der Waals surface area contributed by atoms with Crippen molar-refractivity contribution in [3.8, 4) is 0 Å². The molecule has 1 aliphatic heterocycles. The number of rotatable bonds is 6. The van der Waals surface area contributed by atoms with Crippen molar-refractivity contribution >= 4 is 5.91 Å². The first-order chi connectivity index (χ1) is 10.1. The van der Waals surface area contributed by atoms with E-state index in [4.69, 9.17) is 0 Å². The van der Waals surface area contributed by atoms with Gasteiger partial charge in [0.05, 0.1) is 12.6 Å². The topological polar surface area (TPSA) is 52.6 Å². The molecule has 2 aliphatic rings. The largest absolute Gasteiger partial charge is 0.393 e. The molecule has 0 radical (unpaired) electrons. The number of hydrogen-bond donors (Lipinski definition) is 2. The van der Waals surface area contributed by atoms with Gasteiger partial charge >= 0.3 is 0 Å². The molecular weight excluding hydrogens is 264 g/mol. The van der Waals surface area contributed by atoms with Crippen LogP contribution in [0.3, 0.4) is 0 Å². The second-order valence-corrected chi connectivity index (χ2v) is 6.59. The number of aliphatic hydroxyl groups is 1. The molecule has 1 saturated heterocycles. The molecule has 21 heavy (non-hydrogen) atoms. The smallest absolute Gasteiger partial charge is 0.234 e. The van der Waals surface area contributed by atoms with Crippen LogP contribution in [0, 0.1) is 5.92 Å². The first-order valence-corrected chi connectivity index (χ1v) is 8.50. The van der Waals surface area contributed by atoms with Crippen molar-refractivity contribution in [1.29, 1.82) is 0 Å². The van der Waals surface area contributed by atoms with Gasteiger partial charge in [0.1, 0.15) is 0 Å². The molecule has 2 N–H and O–H groups in total. The van der Waals surface area contributed by atoms with Gasteiger partial charge in [-0.2, -0.15) is 0 Å². The predicted octanol–water partition coefficient (Wildman–Crippen LogP) is 2.09. The molecule has 0 saturated carbocycles. The molecule has 0 aromatic rings. The van der Waals surface area contributed by atoms with Crippen LogP contribution >= 0.6 is 0 Å². The van der Waals surface area contributed by atoms with E-state index in [9.17, 15) is 9.90 Å². The molecule has 4 heteroatoms. The van der Waals surface area contributed by atoms with Gasteiger partial charge in [0, 0.05) is 13.1 Å². The average molecular weight is 294 g/mol. The summed E-state index contributed by atoms with van der Waals surface area (Å²) in [5.74, 6) is 0.441. The summed E-state index contributed by atoms with van der Waals surface area (Å²) in [5, 5.41) is 12.7. The monoisotopic (exact) mass is 294 g/mol. The molecule has 1 fully saturated rings. The Labute approximate surface area is 128 Å². The Morgan fingerprint density at radius 1 is 1.48 bits per heavy atom. The van der Waals surface area contributed by atoms with Crippen molar-refractivity contribution < 1.29 is 9.90 Å². The molecule has 2 unspecified atom stereocenters. The number of allylic oxidation sites excluding steroid dienone is 1. The summed E-state index contributed by atoms with van der Waals surface area (Å²) >= 11 is 0. The third kappa shape index (κ3) is 5.79. The molecular formula is C17H30N2O2. The zero-order valence-corrected chi connectivity index (χ0v) is 13.3. The number of nitrogens with one attached hydrogen (secondary N) is 1. The van der Waals surface area contributed by atoms with Gasteiger partial charge in [-0.05, 0) is 64.3 Å². The number of piperidine rings is 1. The quantitative estimate of drug-likeness (QED) is 0.738. The summed E-state index contributed by atoms with van der Waals surface area (Å²) in [4.78, 5) is 14.2. The number of nitrogens with zero attached hydrogens (tertiary/aromatic N) is 1. The Kier molecular flexibility index (Phi) is 6.71. The lowest BCUT2D eigenvalue weighted by Gasteiger charge is -2.33. The Hall–Kier alpha value is -0.870. The fourth-order valence-corrected chi connectivity index (χ4v) is 3.38. The maximum atomic E-state index is 12.0. The van der Waals surface area contributed by atoms with Gasteiger partial charge in [-0.15, -0.1) is 0 Å². The van der Waals surface area contributed by atoms with Crippen LogP contribution in [0.15, 0.2) is 11.6 Å². The van der Waals surface area contributed by atoms with Crippen molar-refractivity contribution in [2.24, 2.45) is 5.92 Å². The van der Waals surface area contributed by atoms with Crippen molar-refractivity contribution in [2.75, 3.05) is 26.2 Å². The van der Waals surface area contributed by atoms with Crippen molar-refractivity contribution in [2.45, 2.75) is 58.0 Å². The zero-order chi connectivity index (χ0) is 15.1. The van der Waals surface area contributed by atoms with Gasteiger partial charge < -0.3 is 10.4 Å². The highest BCUT2D eigenvalue weighted by Crippen LogP contribution is 2.20. The van der Waals surface area contributed by atoms with Crippen LogP contribution in [0.25, 0.3) is 0 Å². The lowest BCUT2D eigenvalue weighted by atomic mass is 9.93. The molecule has 0 bridgehead atoms. The van der Waals surface area contributed by atoms with E-state index in [1.54, 1.807) is 0 Å². The minimum Gasteiger partial charge on any atom is -0.393 e. The zero-order valence-electron chi connectivity index (χ0n) is 13.3. The Balaban J connectivity index is 1.63. The molecule has 2 atom stereocenters. The maximum absolute atomic E-state index is 12.0. The lowest BCUT2D eigenvalue weighted by molar-refractivity contribution is -0.122. The lowest BCUT2D eigenvalue weighted by Crippen LogP contribution is -2.44. The number of carbonyl (C=O) groups is 1. The second kappa shape index (κ2) is 8.54. The summed E-state index contributed by atoms with van der Waals surface area (Å²) in [5.41, 5.74) is 1.51. The highest BCUT2D eigenvalue weighted by atomic mass is 16.3. The van der Waals surface area contributed by atoms with Crippen LogP contribution in [-0.4, -0.2) is 48.2 Å². The molecule has 4 nitrogen and oxygen atoms in total. The molecule has 0 aromatic heterocycles. The fourth-order valence-electron chi connectivity index (χ4n) is 3.38. The van der Waals surface area contributed by atoms with E-state index in [0.717, 1.165) is 38.9 Å². The van der Waals surface area contributed by atoms with E-state index in [-0.39, 0.29) is 12.0 Å². The summed E-state index contributed by atoms with van der Waals surface area (Å²) < 4.78 is 0. The molecule has 1 heterocycles. The van der Waals surface area contributed by atoms with Gasteiger partial charge in [-0.3, -0.25) is 9.69 Å². The molecule has 120 valence electrons. The standard InChI is InChI=1S/C17H30N2O2/c1-14(20)16-8-5-11-19(12-16)13-17(21)18-10-9-15-6-3-2-4-7-15/h6,14,16,20H,2-5,7-13H2,1H3,(H,18,21). The third-order valence-corrected chi connectivity index (χ3v) is 4.74. The number of carbonyl (C=O) groups excluding carboxylic acids is 1. The molecule has 1 amide bonds. The minimum atomic E-state index is -0.269. The van der Waals surface area contributed by atoms with Gasteiger partial charge in [0.25, 0.3) is 0 Å². The maximum Gasteiger partial charge on any atom is 0.234 e. The van der Waals surface area contributed by atoms with Gasteiger partial charge in [-0.1, -0.05) is 11.6 Å². The van der Waals surface area contributed by atoms with E-state index < -0.39 is 0 Å². The van der Waals surface area contributed by atoms with Gasteiger partial charge in [-0.25, -0.2) is 0 Å². The van der Waals surface area contributed by atoms with Crippen LogP contribution in [0.2, 0.25) is 0 Å². The van der Waals surface area contributed by atoms with E-state index in [1.165, 1.54) is 31.3 Å². The summed E-state index contributed by atoms with van der Waals surface area (Å²) in [6.45, 7) is 4.91. The first-order valence-electron chi connectivity index (χ1n) is 8.50. The van der Waals surface area contributed by atoms with Crippen molar-refractivity contribution in [3.05, 3.63) is 11.6 Å². The predicted molar refractivity (Wildman–Crippen MR) is 85.0 cm³/mol. The molecule has 0 aromatic carbocycles. The normalized spacial score (nSPS) is 25.2. The SMILES string of the molecule is CC(O)C1CCCN(CC(=O)NCCC2=CCCCC2)C1. The van der Waals surface area contributed by atoms with Crippen molar-refractivity contribution in [1.82, 2.24) is 10.2 Å². The van der Waals surface area contributed by atoms with Crippen LogP contribution < -0.4 is 5.32 Å². The van der Waals surface area contributed by atoms with Crippen molar-refractivity contribution in [3.63, 3.8) is 0 Å². The summed E-state index contributed by atoms with van der Waals surface area (Å²) in [7, 11) is 0. The van der Waals surface area contributed by atoms with Gasteiger partial charge in [0.2, 0.25) is 5.91 Å². The molecule has 0 spiro atoms. The highest BCUT2D eigenvalue weighted by molar-refractivity contribution is 5.78. The third-order valence-electron chi connectivity index (χ3n) is 4.74. The summed E-state index contributed by atoms with van der Waals surface area (Å²) in [6.07, 6.45) is 10.3. The number of likely N-dealkylation sites (tertiary alicyclic amines) is 1. The Bertz CT molecular complexity index is 366. The second-order valence-electron chi connectivity index (χ2n) is 6.59. The number of amides is 1. The van der Waals surface area contributed by atoms with Gasteiger partial charge in [0.15, 0.2) is 0 Å². The highest BCUT2D eigenvalue weighted by Gasteiger charge is 2.24. The van der Waals surface area contributed by atoms with Crippen LogP contribution in [0.1, 0.15) is 51.9 Å².